The Balaban J connectivity index is 1.91. The molecule has 0 fully saturated rings. The smallest absolute Gasteiger partial charge is 0.231 e. The number of anilines is 2. The average molecular weight is 288 g/mol. The Morgan fingerprint density at radius 1 is 1.35 bits per heavy atom. The van der Waals surface area contributed by atoms with Crippen LogP contribution in [0.2, 0.25) is 5.02 Å². The number of carbonyl (C=O) groups excluding carboxylic acids is 1. The van der Waals surface area contributed by atoms with Crippen LogP contribution in [0.15, 0.2) is 36.5 Å². The van der Waals surface area contributed by atoms with Gasteiger partial charge in [0.05, 0.1) is 18.7 Å². The summed E-state index contributed by atoms with van der Waals surface area (Å²) >= 11 is 6.02. The average Bonchev–Trinajstić information content (AvgIpc) is 2.75. The number of nitrogens with one attached hydrogen (secondary N) is 1. The second-order valence-electron chi connectivity index (χ2n) is 4.72. The van der Waals surface area contributed by atoms with Gasteiger partial charge in [0.15, 0.2) is 0 Å². The fraction of sp³-hybridized carbons (Fsp3) is 0.200. The fourth-order valence-electron chi connectivity index (χ4n) is 2.39. The van der Waals surface area contributed by atoms with Gasteiger partial charge in [0.1, 0.15) is 0 Å². The van der Waals surface area contributed by atoms with Crippen LogP contribution >= 0.6 is 11.6 Å². The number of rotatable bonds is 3. The van der Waals surface area contributed by atoms with Crippen molar-refractivity contribution in [3.63, 3.8) is 0 Å². The summed E-state index contributed by atoms with van der Waals surface area (Å²) in [6.45, 7) is 0.460. The van der Waals surface area contributed by atoms with Crippen LogP contribution in [0.3, 0.4) is 0 Å². The van der Waals surface area contributed by atoms with Crippen LogP contribution in [0.5, 0.6) is 0 Å². The molecule has 1 aromatic heterocycles. The molecule has 0 spiro atoms. The van der Waals surface area contributed by atoms with Crippen LogP contribution in [-0.4, -0.2) is 17.9 Å². The zero-order valence-corrected chi connectivity index (χ0v) is 11.8. The maximum Gasteiger partial charge on any atom is 0.231 e. The quantitative estimate of drug-likeness (QED) is 0.944. The van der Waals surface area contributed by atoms with Crippen molar-refractivity contribution in [2.45, 2.75) is 13.0 Å². The Morgan fingerprint density at radius 3 is 3.00 bits per heavy atom. The molecule has 0 saturated carbocycles. The third-order valence-electron chi connectivity index (χ3n) is 3.41. The van der Waals surface area contributed by atoms with Crippen LogP contribution in [0, 0.1) is 0 Å². The van der Waals surface area contributed by atoms with E-state index in [1.807, 2.05) is 37.4 Å². The number of halogens is 1. The van der Waals surface area contributed by atoms with Gasteiger partial charge in [-0.15, -0.1) is 0 Å². The lowest BCUT2D eigenvalue weighted by atomic mass is 10.2. The number of benzene rings is 1. The van der Waals surface area contributed by atoms with Crippen LogP contribution < -0.4 is 10.2 Å². The molecule has 3 rings (SSSR count). The summed E-state index contributed by atoms with van der Waals surface area (Å²) in [5, 5.41) is 3.71. The number of hydrogen-bond donors (Lipinski definition) is 1. The van der Waals surface area contributed by atoms with Gasteiger partial charge in [-0.1, -0.05) is 17.7 Å². The molecule has 102 valence electrons. The number of amides is 1. The van der Waals surface area contributed by atoms with Gasteiger partial charge >= 0.3 is 0 Å². The molecule has 1 aliphatic rings. The first-order valence-corrected chi connectivity index (χ1v) is 6.76. The number of pyridine rings is 1. The minimum absolute atomic E-state index is 0.0823. The number of carbonyl (C=O) groups is 1. The van der Waals surface area contributed by atoms with Gasteiger partial charge in [-0.25, -0.2) is 0 Å². The summed E-state index contributed by atoms with van der Waals surface area (Å²) in [6, 6.07) is 9.39. The van der Waals surface area contributed by atoms with E-state index < -0.39 is 0 Å². The molecule has 1 N–H and O–H groups in total. The monoisotopic (exact) mass is 287 g/mol. The van der Waals surface area contributed by atoms with E-state index in [0.29, 0.717) is 18.0 Å². The van der Waals surface area contributed by atoms with Gasteiger partial charge in [-0.3, -0.25) is 9.78 Å². The summed E-state index contributed by atoms with van der Waals surface area (Å²) in [4.78, 5) is 18.2. The molecule has 2 heterocycles. The summed E-state index contributed by atoms with van der Waals surface area (Å²) in [5.41, 5.74) is 3.73. The topological polar surface area (TPSA) is 45.2 Å². The molecule has 0 bridgehead atoms. The Labute approximate surface area is 122 Å². The second kappa shape index (κ2) is 5.13. The molecular weight excluding hydrogens is 274 g/mol. The minimum atomic E-state index is 0.0823. The van der Waals surface area contributed by atoms with E-state index in [1.54, 1.807) is 11.1 Å². The highest BCUT2D eigenvalue weighted by molar-refractivity contribution is 6.31. The lowest BCUT2D eigenvalue weighted by molar-refractivity contribution is -0.117. The van der Waals surface area contributed by atoms with Crippen molar-refractivity contribution in [1.82, 2.24) is 4.98 Å². The molecule has 5 heteroatoms. The van der Waals surface area contributed by atoms with Crippen molar-refractivity contribution in [1.29, 1.82) is 0 Å². The maximum absolute atomic E-state index is 12.1. The standard InChI is InChI=1S/C15H14ClN3O/c1-17-12-4-5-18-13(8-12)9-19-14-7-11(16)3-2-10(14)6-15(19)20/h2-5,7-8H,6,9H2,1H3,(H,17,18). The minimum Gasteiger partial charge on any atom is -0.388 e. The zero-order chi connectivity index (χ0) is 14.1. The van der Waals surface area contributed by atoms with Gasteiger partial charge in [-0.2, -0.15) is 0 Å². The molecule has 4 nitrogen and oxygen atoms in total. The first kappa shape index (κ1) is 12.9. The number of aromatic nitrogens is 1. The van der Waals surface area contributed by atoms with E-state index in [4.69, 9.17) is 11.6 Å². The molecule has 0 saturated heterocycles. The molecule has 0 radical (unpaired) electrons. The molecule has 0 unspecified atom stereocenters. The highest BCUT2D eigenvalue weighted by atomic mass is 35.5. The largest absolute Gasteiger partial charge is 0.388 e. The number of fused-ring (bicyclic) bond motifs is 1. The lowest BCUT2D eigenvalue weighted by Gasteiger charge is -2.17. The van der Waals surface area contributed by atoms with E-state index in [1.165, 1.54) is 0 Å². The third kappa shape index (κ3) is 2.34. The second-order valence-corrected chi connectivity index (χ2v) is 5.15. The van der Waals surface area contributed by atoms with E-state index in [2.05, 4.69) is 10.3 Å². The van der Waals surface area contributed by atoms with Gasteiger partial charge in [0.25, 0.3) is 0 Å². The normalized spacial score (nSPS) is 13.5. The predicted molar refractivity (Wildman–Crippen MR) is 80.1 cm³/mol. The van der Waals surface area contributed by atoms with E-state index >= 15 is 0 Å². The van der Waals surface area contributed by atoms with Crippen LogP contribution in [0.1, 0.15) is 11.3 Å². The molecule has 1 aromatic carbocycles. The highest BCUT2D eigenvalue weighted by Gasteiger charge is 2.27. The zero-order valence-electron chi connectivity index (χ0n) is 11.1. The molecular formula is C15H14ClN3O. The lowest BCUT2D eigenvalue weighted by Crippen LogP contribution is -2.26. The Kier molecular flexibility index (Phi) is 3.32. The van der Waals surface area contributed by atoms with Crippen molar-refractivity contribution in [2.75, 3.05) is 17.3 Å². The van der Waals surface area contributed by atoms with Gasteiger partial charge in [-0.05, 0) is 29.8 Å². The summed E-state index contributed by atoms with van der Waals surface area (Å²) in [5.74, 6) is 0.0823. The van der Waals surface area contributed by atoms with Gasteiger partial charge in [0, 0.05) is 29.6 Å². The fourth-order valence-corrected chi connectivity index (χ4v) is 2.55. The SMILES string of the molecule is CNc1ccnc(CN2C(=O)Cc3ccc(Cl)cc32)c1. The third-order valence-corrected chi connectivity index (χ3v) is 3.64. The van der Waals surface area contributed by atoms with Crippen LogP contribution in [0.4, 0.5) is 11.4 Å². The van der Waals surface area contributed by atoms with Crippen molar-refractivity contribution >= 4 is 28.9 Å². The summed E-state index contributed by atoms with van der Waals surface area (Å²) in [6.07, 6.45) is 2.17. The highest BCUT2D eigenvalue weighted by Crippen LogP contribution is 2.32. The molecule has 2 aromatic rings. The number of nitrogens with zero attached hydrogens (tertiary/aromatic N) is 2. The molecule has 1 amide bonds. The van der Waals surface area contributed by atoms with Crippen LogP contribution in [0.25, 0.3) is 0 Å². The Hall–Kier alpha value is -2.07. The van der Waals surface area contributed by atoms with Crippen molar-refractivity contribution < 1.29 is 4.79 Å². The van der Waals surface area contributed by atoms with Gasteiger partial charge < -0.3 is 10.2 Å². The van der Waals surface area contributed by atoms with Crippen molar-refractivity contribution in [3.8, 4) is 0 Å². The molecule has 20 heavy (non-hydrogen) atoms. The summed E-state index contributed by atoms with van der Waals surface area (Å²) in [7, 11) is 1.86. The van der Waals surface area contributed by atoms with E-state index in [-0.39, 0.29) is 5.91 Å². The van der Waals surface area contributed by atoms with Gasteiger partial charge in [0.2, 0.25) is 5.91 Å². The van der Waals surface area contributed by atoms with Crippen molar-refractivity contribution in [2.24, 2.45) is 0 Å². The Morgan fingerprint density at radius 2 is 2.20 bits per heavy atom. The maximum atomic E-state index is 12.1. The Bertz CT molecular complexity index is 672. The summed E-state index contributed by atoms with van der Waals surface area (Å²) < 4.78 is 0. The van der Waals surface area contributed by atoms with E-state index in [9.17, 15) is 4.79 Å². The molecule has 1 aliphatic heterocycles. The number of hydrogen-bond acceptors (Lipinski definition) is 3. The van der Waals surface area contributed by atoms with Crippen molar-refractivity contribution in [3.05, 3.63) is 52.8 Å². The first-order valence-electron chi connectivity index (χ1n) is 6.39. The molecule has 0 aliphatic carbocycles. The molecule has 0 atom stereocenters. The predicted octanol–water partition coefficient (Wildman–Crippen LogP) is 2.87. The first-order chi connectivity index (χ1) is 9.67. The van der Waals surface area contributed by atoms with Crippen LogP contribution in [-0.2, 0) is 17.8 Å². The van der Waals surface area contributed by atoms with E-state index in [0.717, 1.165) is 22.6 Å².